The number of aromatic nitrogens is 1. The van der Waals surface area contributed by atoms with E-state index in [9.17, 15) is 18.0 Å². The third kappa shape index (κ3) is 5.24. The number of hydrogen-bond acceptors (Lipinski definition) is 6. The molecule has 2 N–H and O–H groups in total. The van der Waals surface area contributed by atoms with E-state index in [-0.39, 0.29) is 11.1 Å². The molecular formula is C24H24F3N3O3S. The second-order valence-electron chi connectivity index (χ2n) is 7.82. The number of hydrogen-bond donors (Lipinski definition) is 2. The molecule has 2 unspecified atom stereocenters. The number of para-hydroxylation sites is 1. The van der Waals surface area contributed by atoms with Gasteiger partial charge in [0.15, 0.2) is 5.69 Å². The van der Waals surface area contributed by atoms with Crippen LogP contribution in [0.2, 0.25) is 0 Å². The lowest BCUT2D eigenvalue weighted by Gasteiger charge is -2.25. The number of carbonyl (C=O) groups excluding carboxylic acids is 1. The van der Waals surface area contributed by atoms with Crippen molar-refractivity contribution in [3.63, 3.8) is 0 Å². The van der Waals surface area contributed by atoms with Gasteiger partial charge >= 0.3 is 6.18 Å². The van der Waals surface area contributed by atoms with Crippen LogP contribution >= 0.6 is 11.3 Å². The first-order valence-electron chi connectivity index (χ1n) is 10.7. The summed E-state index contributed by atoms with van der Waals surface area (Å²) in [7, 11) is 1.43. The SMILES string of the molecule is COc1ccccc1-c1nc(C(F)(F)F)c(C(=O)NC(C)c2cccc(C3CNCCO3)c2)s1. The predicted molar refractivity (Wildman–Crippen MR) is 123 cm³/mol. The van der Waals surface area contributed by atoms with E-state index in [1.165, 1.54) is 7.11 Å². The number of benzene rings is 2. The summed E-state index contributed by atoms with van der Waals surface area (Å²) in [6.07, 6.45) is -4.89. The molecule has 1 aliphatic heterocycles. The number of nitrogens with one attached hydrogen (secondary N) is 2. The van der Waals surface area contributed by atoms with Gasteiger partial charge in [-0.1, -0.05) is 36.4 Å². The van der Waals surface area contributed by atoms with E-state index in [0.29, 0.717) is 35.8 Å². The molecule has 180 valence electrons. The molecule has 1 aliphatic rings. The molecule has 1 fully saturated rings. The fraction of sp³-hybridized carbons (Fsp3) is 0.333. The minimum Gasteiger partial charge on any atom is -0.496 e. The number of alkyl halides is 3. The predicted octanol–water partition coefficient (Wildman–Crippen LogP) is 4.99. The number of methoxy groups -OCH3 is 1. The third-order valence-electron chi connectivity index (χ3n) is 5.50. The lowest BCUT2D eigenvalue weighted by atomic mass is 10.0. The maximum absolute atomic E-state index is 13.8. The Morgan fingerprint density at radius 1 is 1.26 bits per heavy atom. The van der Waals surface area contributed by atoms with Crippen LogP contribution in [0.1, 0.15) is 45.6 Å². The highest BCUT2D eigenvalue weighted by atomic mass is 32.1. The van der Waals surface area contributed by atoms with Crippen molar-refractivity contribution < 1.29 is 27.4 Å². The average molecular weight is 492 g/mol. The average Bonchev–Trinajstić information content (AvgIpc) is 3.31. The van der Waals surface area contributed by atoms with Crippen molar-refractivity contribution in [2.24, 2.45) is 0 Å². The Balaban J connectivity index is 1.60. The summed E-state index contributed by atoms with van der Waals surface area (Å²) in [5.74, 6) is -0.457. The summed E-state index contributed by atoms with van der Waals surface area (Å²) in [6.45, 7) is 3.79. The Hall–Kier alpha value is -2.95. The molecule has 4 rings (SSSR count). The van der Waals surface area contributed by atoms with Crippen molar-refractivity contribution in [2.45, 2.75) is 25.2 Å². The van der Waals surface area contributed by atoms with E-state index in [2.05, 4.69) is 15.6 Å². The van der Waals surface area contributed by atoms with Gasteiger partial charge in [0.2, 0.25) is 0 Å². The van der Waals surface area contributed by atoms with Gasteiger partial charge in [0.25, 0.3) is 5.91 Å². The van der Waals surface area contributed by atoms with Crippen molar-refractivity contribution >= 4 is 17.2 Å². The normalized spacial score (nSPS) is 17.3. The van der Waals surface area contributed by atoms with Gasteiger partial charge in [0.05, 0.1) is 31.4 Å². The Labute approximate surface area is 199 Å². The van der Waals surface area contributed by atoms with Crippen LogP contribution < -0.4 is 15.4 Å². The second kappa shape index (κ2) is 10.1. The minimum absolute atomic E-state index is 0.0616. The highest BCUT2D eigenvalue weighted by Gasteiger charge is 2.40. The smallest absolute Gasteiger partial charge is 0.435 e. The Morgan fingerprint density at radius 2 is 2.06 bits per heavy atom. The molecule has 2 atom stereocenters. The zero-order valence-electron chi connectivity index (χ0n) is 18.6. The standard InChI is InChI=1S/C24H24F3N3O3S/c1-14(15-6-5-7-16(12-15)19-13-28-10-11-33-19)29-22(31)20-21(24(25,26)27)30-23(34-20)17-8-3-4-9-18(17)32-2/h3-9,12,14,19,28H,10-11,13H2,1-2H3,(H,29,31). The van der Waals surface area contributed by atoms with Crippen LogP contribution in [0.25, 0.3) is 10.6 Å². The van der Waals surface area contributed by atoms with Crippen LogP contribution in [0.4, 0.5) is 13.2 Å². The van der Waals surface area contributed by atoms with Crippen LogP contribution in [0.15, 0.2) is 48.5 Å². The van der Waals surface area contributed by atoms with Gasteiger partial charge in [0, 0.05) is 13.1 Å². The van der Waals surface area contributed by atoms with E-state index in [4.69, 9.17) is 9.47 Å². The van der Waals surface area contributed by atoms with E-state index >= 15 is 0 Å². The van der Waals surface area contributed by atoms with Crippen LogP contribution in [-0.2, 0) is 10.9 Å². The molecule has 0 radical (unpaired) electrons. The summed E-state index contributed by atoms with van der Waals surface area (Å²) in [5.41, 5.74) is 0.890. The summed E-state index contributed by atoms with van der Waals surface area (Å²) >= 11 is 0.689. The Bertz CT molecular complexity index is 1160. The summed E-state index contributed by atoms with van der Waals surface area (Å²) in [4.78, 5) is 16.3. The highest BCUT2D eigenvalue weighted by Crippen LogP contribution is 2.40. The van der Waals surface area contributed by atoms with E-state index in [1.54, 1.807) is 31.2 Å². The molecule has 1 saturated heterocycles. The fourth-order valence-electron chi connectivity index (χ4n) is 3.76. The maximum Gasteiger partial charge on any atom is 0.435 e. The Kier molecular flexibility index (Phi) is 7.20. The maximum atomic E-state index is 13.8. The number of amides is 1. The van der Waals surface area contributed by atoms with Gasteiger partial charge < -0.3 is 20.1 Å². The monoisotopic (exact) mass is 491 g/mol. The van der Waals surface area contributed by atoms with Crippen LogP contribution in [0, 0.1) is 0 Å². The minimum atomic E-state index is -4.78. The van der Waals surface area contributed by atoms with Crippen LogP contribution in [0.3, 0.4) is 0 Å². The van der Waals surface area contributed by atoms with E-state index in [1.807, 2.05) is 24.3 Å². The molecule has 2 aromatic carbocycles. The van der Waals surface area contributed by atoms with Gasteiger partial charge in [-0.15, -0.1) is 11.3 Å². The topological polar surface area (TPSA) is 72.5 Å². The van der Waals surface area contributed by atoms with Crippen molar-refractivity contribution in [2.75, 3.05) is 26.8 Å². The molecule has 0 spiro atoms. The first-order valence-corrected chi connectivity index (χ1v) is 11.5. The molecule has 0 saturated carbocycles. The largest absolute Gasteiger partial charge is 0.496 e. The van der Waals surface area contributed by atoms with Gasteiger partial charge in [-0.25, -0.2) is 4.98 Å². The first kappa shape index (κ1) is 24.2. The molecule has 0 aliphatic carbocycles. The molecule has 3 aromatic rings. The van der Waals surface area contributed by atoms with Crippen LogP contribution in [0.5, 0.6) is 5.75 Å². The lowest BCUT2D eigenvalue weighted by molar-refractivity contribution is -0.141. The first-order chi connectivity index (χ1) is 16.3. The molecule has 6 nitrogen and oxygen atoms in total. The van der Waals surface area contributed by atoms with E-state index < -0.39 is 28.7 Å². The zero-order valence-corrected chi connectivity index (χ0v) is 19.4. The van der Waals surface area contributed by atoms with Crippen molar-refractivity contribution in [1.82, 2.24) is 15.6 Å². The van der Waals surface area contributed by atoms with Gasteiger partial charge in [-0.2, -0.15) is 13.2 Å². The quantitative estimate of drug-likeness (QED) is 0.508. The lowest BCUT2D eigenvalue weighted by Crippen LogP contribution is -2.33. The fourth-order valence-corrected chi connectivity index (χ4v) is 4.77. The third-order valence-corrected chi connectivity index (χ3v) is 6.58. The van der Waals surface area contributed by atoms with Gasteiger partial charge in [-0.05, 0) is 30.2 Å². The summed E-state index contributed by atoms with van der Waals surface area (Å²) in [6, 6.07) is 13.6. The number of thiazole rings is 1. The molecule has 1 aromatic heterocycles. The molecule has 1 amide bonds. The number of morpholine rings is 1. The molecule has 0 bridgehead atoms. The summed E-state index contributed by atoms with van der Waals surface area (Å²) < 4.78 is 52.3. The number of nitrogens with zero attached hydrogens (tertiary/aromatic N) is 1. The molecular weight excluding hydrogens is 467 g/mol. The van der Waals surface area contributed by atoms with Crippen LogP contribution in [-0.4, -0.2) is 37.7 Å². The number of carbonyl (C=O) groups is 1. The van der Waals surface area contributed by atoms with Gasteiger partial charge in [-0.3, -0.25) is 4.79 Å². The van der Waals surface area contributed by atoms with Crippen molar-refractivity contribution in [3.05, 3.63) is 70.2 Å². The number of rotatable bonds is 6. The molecule has 2 heterocycles. The molecule has 10 heteroatoms. The zero-order chi connectivity index (χ0) is 24.3. The number of ether oxygens (including phenoxy) is 2. The summed E-state index contributed by atoms with van der Waals surface area (Å²) in [5, 5.41) is 6.02. The second-order valence-corrected chi connectivity index (χ2v) is 8.82. The highest BCUT2D eigenvalue weighted by molar-refractivity contribution is 7.17. The Morgan fingerprint density at radius 3 is 2.76 bits per heavy atom. The van der Waals surface area contributed by atoms with Gasteiger partial charge in [0.1, 0.15) is 15.6 Å². The van der Waals surface area contributed by atoms with Crippen molar-refractivity contribution in [3.8, 4) is 16.3 Å². The number of halogens is 3. The van der Waals surface area contributed by atoms with E-state index in [0.717, 1.165) is 17.7 Å². The van der Waals surface area contributed by atoms with Crippen molar-refractivity contribution in [1.29, 1.82) is 0 Å². The molecule has 34 heavy (non-hydrogen) atoms.